The van der Waals surface area contributed by atoms with Crippen molar-refractivity contribution in [3.8, 4) is 0 Å². The maximum Gasteiger partial charge on any atom is 0.409 e. The zero-order valence-electron chi connectivity index (χ0n) is 14.3. The monoisotopic (exact) mass is 311 g/mol. The van der Waals surface area contributed by atoms with E-state index in [9.17, 15) is 9.59 Å². The van der Waals surface area contributed by atoms with E-state index in [0.29, 0.717) is 32.0 Å². The largest absolute Gasteiger partial charge is 0.469 e. The van der Waals surface area contributed by atoms with Gasteiger partial charge in [0, 0.05) is 13.1 Å². The summed E-state index contributed by atoms with van der Waals surface area (Å²) in [5.41, 5.74) is -0.707. The first-order valence-corrected chi connectivity index (χ1v) is 7.99. The van der Waals surface area contributed by atoms with E-state index < -0.39 is 5.41 Å². The van der Waals surface area contributed by atoms with E-state index in [2.05, 4.69) is 20.4 Å². The molecule has 1 saturated heterocycles. The Kier molecular flexibility index (Phi) is 6.91. The van der Waals surface area contributed by atoms with Crippen LogP contribution in [-0.2, 0) is 14.3 Å². The maximum absolute atomic E-state index is 12.4. The van der Waals surface area contributed by atoms with Crippen LogP contribution < -0.4 is 0 Å². The van der Waals surface area contributed by atoms with Crippen molar-refractivity contribution in [1.82, 2.24) is 4.90 Å². The van der Waals surface area contributed by atoms with Crippen molar-refractivity contribution in [3.05, 3.63) is 12.7 Å². The fraction of sp³-hybridized carbons (Fsp3) is 0.765. The molecule has 5 heteroatoms. The third-order valence-electron chi connectivity index (χ3n) is 4.14. The summed E-state index contributed by atoms with van der Waals surface area (Å²) in [6.45, 7) is 11.1. The second kappa shape index (κ2) is 8.20. The number of allylic oxidation sites excluding steroid dienone is 1. The quantitative estimate of drug-likeness (QED) is 0.558. The Hall–Kier alpha value is -1.52. The highest BCUT2D eigenvalue weighted by Gasteiger charge is 2.47. The molecule has 126 valence electrons. The van der Waals surface area contributed by atoms with Crippen LogP contribution in [0.1, 0.15) is 40.0 Å². The Morgan fingerprint density at radius 3 is 2.64 bits per heavy atom. The normalized spacial score (nSPS) is 25.0. The molecule has 1 amide bonds. The number of ether oxygens (including phenoxy) is 2. The number of carbonyl (C=O) groups excluding carboxylic acids is 2. The molecule has 1 rings (SSSR count). The minimum Gasteiger partial charge on any atom is -0.469 e. The summed E-state index contributed by atoms with van der Waals surface area (Å²) in [6.07, 6.45) is 3.57. The predicted octanol–water partition coefficient (Wildman–Crippen LogP) is 3.25. The molecule has 1 aliphatic heterocycles. The number of esters is 1. The van der Waals surface area contributed by atoms with Gasteiger partial charge in [-0.1, -0.05) is 19.9 Å². The fourth-order valence-electron chi connectivity index (χ4n) is 3.47. The molecule has 1 unspecified atom stereocenters. The molecule has 0 bridgehead atoms. The number of hydrogen-bond donors (Lipinski definition) is 0. The smallest absolute Gasteiger partial charge is 0.409 e. The number of amides is 1. The van der Waals surface area contributed by atoms with Crippen LogP contribution in [0.3, 0.4) is 0 Å². The standard InChI is InChI=1S/C17H29NO4/c1-6-8-17(15(19)21-5)10-14(9-13(3)4)11-18(12-17)16(20)22-7-2/h6,13-14H,1,7-12H2,2-5H3/t14?,17-/m1/s1. The van der Waals surface area contributed by atoms with E-state index in [0.717, 1.165) is 12.8 Å². The molecule has 0 aromatic heterocycles. The molecule has 0 N–H and O–H groups in total. The summed E-state index contributed by atoms with van der Waals surface area (Å²) >= 11 is 0. The number of likely N-dealkylation sites (tertiary alicyclic amines) is 1. The predicted molar refractivity (Wildman–Crippen MR) is 85.4 cm³/mol. The Labute approximate surface area is 133 Å². The van der Waals surface area contributed by atoms with Crippen molar-refractivity contribution in [2.75, 3.05) is 26.8 Å². The topological polar surface area (TPSA) is 55.8 Å². The number of rotatable bonds is 6. The van der Waals surface area contributed by atoms with Gasteiger partial charge in [0.1, 0.15) is 0 Å². The minimum absolute atomic E-state index is 0.261. The van der Waals surface area contributed by atoms with Crippen molar-refractivity contribution in [1.29, 1.82) is 0 Å². The molecule has 0 radical (unpaired) electrons. The van der Waals surface area contributed by atoms with Crippen LogP contribution in [0.25, 0.3) is 0 Å². The molecule has 22 heavy (non-hydrogen) atoms. The summed E-state index contributed by atoms with van der Waals surface area (Å²) in [4.78, 5) is 26.2. The molecule has 5 nitrogen and oxygen atoms in total. The number of nitrogens with zero attached hydrogens (tertiary/aromatic N) is 1. The second-order valence-electron chi connectivity index (χ2n) is 6.54. The van der Waals surface area contributed by atoms with Crippen molar-refractivity contribution in [2.24, 2.45) is 17.3 Å². The maximum atomic E-state index is 12.4. The van der Waals surface area contributed by atoms with Crippen LogP contribution >= 0.6 is 0 Å². The average molecular weight is 311 g/mol. The summed E-state index contributed by atoms with van der Waals surface area (Å²) in [5, 5.41) is 0. The first kappa shape index (κ1) is 18.5. The van der Waals surface area contributed by atoms with E-state index in [1.165, 1.54) is 7.11 Å². The van der Waals surface area contributed by atoms with Gasteiger partial charge in [0.15, 0.2) is 0 Å². The van der Waals surface area contributed by atoms with Crippen LogP contribution in [0.5, 0.6) is 0 Å². The van der Waals surface area contributed by atoms with E-state index in [1.807, 2.05) is 0 Å². The number of carbonyl (C=O) groups is 2. The Bertz CT molecular complexity index is 407. The lowest BCUT2D eigenvalue weighted by Gasteiger charge is -2.44. The summed E-state index contributed by atoms with van der Waals surface area (Å²) in [6, 6.07) is 0. The van der Waals surface area contributed by atoms with Gasteiger partial charge in [0.25, 0.3) is 0 Å². The third-order valence-corrected chi connectivity index (χ3v) is 4.14. The van der Waals surface area contributed by atoms with E-state index in [1.54, 1.807) is 17.9 Å². The van der Waals surface area contributed by atoms with Gasteiger partial charge < -0.3 is 14.4 Å². The molecule has 1 heterocycles. The number of piperidine rings is 1. The highest BCUT2D eigenvalue weighted by atomic mass is 16.6. The van der Waals surface area contributed by atoms with Crippen LogP contribution in [0.4, 0.5) is 4.79 Å². The molecule has 0 aromatic rings. The molecule has 0 aliphatic carbocycles. The van der Waals surface area contributed by atoms with Crippen LogP contribution in [0, 0.1) is 17.3 Å². The first-order valence-electron chi connectivity index (χ1n) is 7.99. The fourth-order valence-corrected chi connectivity index (χ4v) is 3.47. The Morgan fingerprint density at radius 2 is 2.14 bits per heavy atom. The molecule has 0 spiro atoms. The summed E-state index contributed by atoms with van der Waals surface area (Å²) in [7, 11) is 1.40. The lowest BCUT2D eigenvalue weighted by atomic mass is 9.71. The lowest BCUT2D eigenvalue weighted by Crippen LogP contribution is -2.53. The van der Waals surface area contributed by atoms with Crippen LogP contribution in [0.2, 0.25) is 0 Å². The van der Waals surface area contributed by atoms with Crippen molar-refractivity contribution >= 4 is 12.1 Å². The van der Waals surface area contributed by atoms with E-state index in [4.69, 9.17) is 9.47 Å². The summed E-state index contributed by atoms with van der Waals surface area (Å²) < 4.78 is 10.2. The van der Waals surface area contributed by atoms with Crippen molar-refractivity contribution in [3.63, 3.8) is 0 Å². The van der Waals surface area contributed by atoms with Gasteiger partial charge in [-0.25, -0.2) is 4.79 Å². The Balaban J connectivity index is 3.04. The van der Waals surface area contributed by atoms with Crippen molar-refractivity contribution < 1.29 is 19.1 Å². The zero-order valence-corrected chi connectivity index (χ0v) is 14.3. The first-order chi connectivity index (χ1) is 10.4. The highest BCUT2D eigenvalue weighted by molar-refractivity contribution is 5.79. The van der Waals surface area contributed by atoms with Gasteiger partial charge in [0.05, 0.1) is 19.1 Å². The molecule has 0 aromatic carbocycles. The third kappa shape index (κ3) is 4.49. The molecular weight excluding hydrogens is 282 g/mol. The zero-order chi connectivity index (χ0) is 16.8. The number of hydrogen-bond acceptors (Lipinski definition) is 4. The highest BCUT2D eigenvalue weighted by Crippen LogP contribution is 2.40. The molecular formula is C17H29NO4. The second-order valence-corrected chi connectivity index (χ2v) is 6.54. The average Bonchev–Trinajstić information content (AvgIpc) is 2.45. The van der Waals surface area contributed by atoms with Crippen LogP contribution in [-0.4, -0.2) is 43.8 Å². The van der Waals surface area contributed by atoms with Crippen LogP contribution in [0.15, 0.2) is 12.7 Å². The van der Waals surface area contributed by atoms with Gasteiger partial charge in [-0.15, -0.1) is 6.58 Å². The minimum atomic E-state index is -0.707. The van der Waals surface area contributed by atoms with Gasteiger partial charge in [0.2, 0.25) is 0 Å². The lowest BCUT2D eigenvalue weighted by molar-refractivity contribution is -0.157. The van der Waals surface area contributed by atoms with Gasteiger partial charge >= 0.3 is 12.1 Å². The molecule has 2 atom stereocenters. The van der Waals surface area contributed by atoms with Gasteiger partial charge in [-0.2, -0.15) is 0 Å². The molecule has 0 saturated carbocycles. The Morgan fingerprint density at radius 1 is 1.45 bits per heavy atom. The van der Waals surface area contributed by atoms with Crippen molar-refractivity contribution in [2.45, 2.75) is 40.0 Å². The number of methoxy groups -OCH3 is 1. The molecule has 1 aliphatic rings. The van der Waals surface area contributed by atoms with Gasteiger partial charge in [-0.3, -0.25) is 4.79 Å². The molecule has 1 fully saturated rings. The summed E-state index contributed by atoms with van der Waals surface area (Å²) in [5.74, 6) is 0.499. The van der Waals surface area contributed by atoms with E-state index in [-0.39, 0.29) is 18.0 Å². The van der Waals surface area contributed by atoms with E-state index >= 15 is 0 Å². The SMILES string of the molecule is C=CC[C@@]1(C(=O)OC)CC(CC(C)C)CN(C(=O)OCC)C1. The van der Waals surface area contributed by atoms with Gasteiger partial charge in [-0.05, 0) is 38.0 Å².